The summed E-state index contributed by atoms with van der Waals surface area (Å²) in [7, 11) is 0. The second kappa shape index (κ2) is 4.15. The van der Waals surface area contributed by atoms with Gasteiger partial charge in [-0.2, -0.15) is 5.26 Å². The van der Waals surface area contributed by atoms with Crippen LogP contribution in [0, 0.1) is 11.3 Å². The third-order valence-corrected chi connectivity index (χ3v) is 2.97. The van der Waals surface area contributed by atoms with Gasteiger partial charge in [-0.15, -0.1) is 0 Å². The molecule has 0 amide bonds. The first-order chi connectivity index (χ1) is 6.92. The van der Waals surface area contributed by atoms with Crippen LogP contribution in [0.5, 0.6) is 0 Å². The van der Waals surface area contributed by atoms with Crippen molar-refractivity contribution in [2.24, 2.45) is 0 Å². The van der Waals surface area contributed by atoms with E-state index in [1.54, 1.807) is 6.07 Å². The van der Waals surface area contributed by atoms with Crippen molar-refractivity contribution < 1.29 is 14.3 Å². The van der Waals surface area contributed by atoms with Gasteiger partial charge in [-0.3, -0.25) is 0 Å². The fraction of sp³-hybridized carbons (Fsp3) is 0.400. The number of carbonyl (C=O) groups is 1. The third-order valence-electron chi connectivity index (χ3n) is 2.29. The number of halogens is 2. The molecule has 0 saturated carbocycles. The van der Waals surface area contributed by atoms with Gasteiger partial charge in [0.25, 0.3) is 0 Å². The van der Waals surface area contributed by atoms with Gasteiger partial charge in [0, 0.05) is 11.8 Å². The van der Waals surface area contributed by atoms with E-state index >= 15 is 0 Å². The summed E-state index contributed by atoms with van der Waals surface area (Å²) in [6.45, 7) is 1.28. The molecule has 0 heterocycles. The summed E-state index contributed by atoms with van der Waals surface area (Å²) in [5.41, 5.74) is -1.42. The van der Waals surface area contributed by atoms with Gasteiger partial charge in [0.1, 0.15) is 5.67 Å². The molecule has 0 bridgehead atoms. The lowest BCUT2D eigenvalue weighted by molar-refractivity contribution is -0.132. The maximum absolute atomic E-state index is 13.9. The van der Waals surface area contributed by atoms with Gasteiger partial charge in [0.05, 0.1) is 17.2 Å². The van der Waals surface area contributed by atoms with E-state index in [0.717, 1.165) is 6.08 Å². The van der Waals surface area contributed by atoms with Crippen LogP contribution >= 0.6 is 15.9 Å². The Bertz CT molecular complexity index is 404. The maximum Gasteiger partial charge on any atom is 0.335 e. The molecule has 15 heavy (non-hydrogen) atoms. The highest BCUT2D eigenvalue weighted by atomic mass is 79.9. The highest BCUT2D eigenvalue weighted by molar-refractivity contribution is 9.09. The van der Waals surface area contributed by atoms with Crippen LogP contribution in [0.2, 0.25) is 0 Å². The topological polar surface area (TPSA) is 61.1 Å². The van der Waals surface area contributed by atoms with Crippen molar-refractivity contribution in [2.45, 2.75) is 19.0 Å². The summed E-state index contributed by atoms with van der Waals surface area (Å²) >= 11 is 3.11. The van der Waals surface area contributed by atoms with Crippen LogP contribution < -0.4 is 0 Å². The molecule has 80 valence electrons. The second-order valence-corrected chi connectivity index (χ2v) is 4.06. The smallest absolute Gasteiger partial charge is 0.335 e. The minimum absolute atomic E-state index is 0.0125. The Morgan fingerprint density at radius 1 is 1.87 bits per heavy atom. The summed E-state index contributed by atoms with van der Waals surface area (Å²) in [5.74, 6) is -1.13. The summed E-state index contributed by atoms with van der Waals surface area (Å²) < 4.78 is 13.9. The molecule has 0 aromatic carbocycles. The number of hydrogen-bond acceptors (Lipinski definition) is 2. The van der Waals surface area contributed by atoms with E-state index in [2.05, 4.69) is 15.9 Å². The van der Waals surface area contributed by atoms with Crippen molar-refractivity contribution in [3.05, 3.63) is 22.8 Å². The van der Waals surface area contributed by atoms with Crippen molar-refractivity contribution in [3.63, 3.8) is 0 Å². The predicted molar refractivity (Wildman–Crippen MR) is 56.3 cm³/mol. The lowest BCUT2D eigenvalue weighted by Crippen LogP contribution is -2.27. The first-order valence-corrected chi connectivity index (χ1v) is 5.37. The summed E-state index contributed by atoms with van der Waals surface area (Å²) in [5, 5.41) is 17.9. The highest BCUT2D eigenvalue weighted by Gasteiger charge is 2.35. The third kappa shape index (κ3) is 2.26. The number of alkyl halides is 2. The molecule has 1 rings (SSSR count). The van der Waals surface area contributed by atoms with Crippen LogP contribution in [-0.4, -0.2) is 22.1 Å². The standard InChI is InChI=1S/C10H9BrFNO2/c1-10(12)3-6(4-11)8(9(14)15)2-7(10)5-13/h2H,3-4H2,1H3,(H,14,15). The van der Waals surface area contributed by atoms with Crippen LogP contribution in [0.4, 0.5) is 4.39 Å². The monoisotopic (exact) mass is 273 g/mol. The Hall–Kier alpha value is -1.15. The van der Waals surface area contributed by atoms with Crippen LogP contribution in [-0.2, 0) is 4.79 Å². The van der Waals surface area contributed by atoms with Crippen LogP contribution in [0.3, 0.4) is 0 Å². The van der Waals surface area contributed by atoms with Gasteiger partial charge in [-0.25, -0.2) is 9.18 Å². The molecule has 0 aromatic heterocycles. The van der Waals surface area contributed by atoms with Gasteiger partial charge in [-0.1, -0.05) is 15.9 Å². The minimum Gasteiger partial charge on any atom is -0.478 e. The Kier molecular flexibility index (Phi) is 3.30. The predicted octanol–water partition coefficient (Wildman–Crippen LogP) is 2.34. The average Bonchev–Trinajstić information content (AvgIpc) is 2.15. The first kappa shape index (κ1) is 11.9. The molecule has 1 N–H and O–H groups in total. The van der Waals surface area contributed by atoms with E-state index in [4.69, 9.17) is 10.4 Å². The molecule has 0 aromatic rings. The Balaban J connectivity index is 3.27. The van der Waals surface area contributed by atoms with E-state index in [-0.39, 0.29) is 17.6 Å². The van der Waals surface area contributed by atoms with E-state index in [0.29, 0.717) is 10.9 Å². The summed E-state index contributed by atoms with van der Waals surface area (Å²) in [6, 6.07) is 1.70. The average molecular weight is 274 g/mol. The fourth-order valence-corrected chi connectivity index (χ4v) is 1.97. The number of nitrogens with zero attached hydrogens (tertiary/aromatic N) is 1. The lowest BCUT2D eigenvalue weighted by Gasteiger charge is -2.25. The molecular formula is C10H9BrFNO2. The molecule has 1 aliphatic carbocycles. The van der Waals surface area contributed by atoms with E-state index in [9.17, 15) is 9.18 Å². The highest BCUT2D eigenvalue weighted by Crippen LogP contribution is 2.36. The maximum atomic E-state index is 13.9. The zero-order valence-electron chi connectivity index (χ0n) is 8.05. The SMILES string of the molecule is CC1(F)CC(CBr)=C(C(=O)O)C=C1C#N. The summed E-state index contributed by atoms with van der Waals surface area (Å²) in [4.78, 5) is 10.8. The quantitative estimate of drug-likeness (QED) is 0.786. The fourth-order valence-electron chi connectivity index (χ4n) is 1.47. The Labute approximate surface area is 95.0 Å². The molecule has 3 nitrogen and oxygen atoms in total. The van der Waals surface area contributed by atoms with Gasteiger partial charge in [0.2, 0.25) is 0 Å². The summed E-state index contributed by atoms with van der Waals surface area (Å²) in [6.07, 6.45) is 1.06. The number of carboxylic acids is 1. The molecular weight excluding hydrogens is 265 g/mol. The van der Waals surface area contributed by atoms with E-state index in [1.807, 2.05) is 0 Å². The van der Waals surface area contributed by atoms with Crippen LogP contribution in [0.1, 0.15) is 13.3 Å². The van der Waals surface area contributed by atoms with Crippen molar-refractivity contribution in [3.8, 4) is 6.07 Å². The second-order valence-electron chi connectivity index (χ2n) is 3.50. The molecule has 1 unspecified atom stereocenters. The van der Waals surface area contributed by atoms with Crippen molar-refractivity contribution in [2.75, 3.05) is 5.33 Å². The number of rotatable bonds is 2. The molecule has 0 fully saturated rings. The van der Waals surface area contributed by atoms with E-state index in [1.165, 1.54) is 6.92 Å². The Morgan fingerprint density at radius 2 is 2.47 bits per heavy atom. The van der Waals surface area contributed by atoms with Gasteiger partial charge in [-0.05, 0) is 18.6 Å². The molecule has 5 heteroatoms. The molecule has 0 radical (unpaired) electrons. The van der Waals surface area contributed by atoms with Gasteiger partial charge in [0.15, 0.2) is 0 Å². The van der Waals surface area contributed by atoms with Crippen LogP contribution in [0.25, 0.3) is 0 Å². The number of allylic oxidation sites excluding steroid dienone is 2. The minimum atomic E-state index is -1.77. The number of aliphatic carboxylic acids is 1. The molecule has 0 spiro atoms. The Morgan fingerprint density at radius 3 is 2.87 bits per heavy atom. The molecule has 0 aliphatic heterocycles. The normalized spacial score (nSPS) is 25.9. The van der Waals surface area contributed by atoms with Gasteiger partial charge >= 0.3 is 5.97 Å². The number of carboxylic acid groups (broad SMARTS) is 1. The zero-order valence-corrected chi connectivity index (χ0v) is 9.64. The van der Waals surface area contributed by atoms with Gasteiger partial charge < -0.3 is 5.11 Å². The number of hydrogen-bond donors (Lipinski definition) is 1. The molecule has 1 atom stereocenters. The number of nitriles is 1. The lowest BCUT2D eigenvalue weighted by atomic mass is 9.83. The van der Waals surface area contributed by atoms with Crippen molar-refractivity contribution in [1.29, 1.82) is 5.26 Å². The zero-order chi connectivity index (χ0) is 11.6. The van der Waals surface area contributed by atoms with E-state index < -0.39 is 11.6 Å². The van der Waals surface area contributed by atoms with Crippen LogP contribution in [0.15, 0.2) is 22.8 Å². The largest absolute Gasteiger partial charge is 0.478 e. The molecule has 0 saturated heterocycles. The van der Waals surface area contributed by atoms with Crippen molar-refractivity contribution >= 4 is 21.9 Å². The molecule has 1 aliphatic rings. The first-order valence-electron chi connectivity index (χ1n) is 4.25. The van der Waals surface area contributed by atoms with Crippen molar-refractivity contribution in [1.82, 2.24) is 0 Å².